The summed E-state index contributed by atoms with van der Waals surface area (Å²) in [4.78, 5) is 22.5. The number of rotatable bonds is 7. The van der Waals surface area contributed by atoms with E-state index in [0.29, 0.717) is 5.56 Å². The summed E-state index contributed by atoms with van der Waals surface area (Å²) in [5.41, 5.74) is 0.708. The van der Waals surface area contributed by atoms with Crippen LogP contribution < -0.4 is 15.4 Å². The smallest absolute Gasteiger partial charge is 0.407 e. The van der Waals surface area contributed by atoms with Gasteiger partial charge in [-0.1, -0.05) is 12.1 Å². The Morgan fingerprint density at radius 2 is 1.75 bits per heavy atom. The fourth-order valence-corrected chi connectivity index (χ4v) is 5.95. The second kappa shape index (κ2) is 8.88. The molecule has 1 heterocycles. The SMILES string of the molecule is CCOC(=O)N[C@@H]1CS(=O)(=O)C[C@H]1NS(=O)(=O)c1ccc(CNC(C)=O)cc1. The second-order valence-corrected chi connectivity index (χ2v) is 10.2. The molecule has 1 fully saturated rings. The highest BCUT2D eigenvalue weighted by molar-refractivity contribution is 7.92. The van der Waals surface area contributed by atoms with Gasteiger partial charge in [-0.05, 0) is 24.6 Å². The van der Waals surface area contributed by atoms with Crippen LogP contribution in [-0.4, -0.2) is 59.0 Å². The maximum atomic E-state index is 12.6. The van der Waals surface area contributed by atoms with Gasteiger partial charge in [0.25, 0.3) is 0 Å². The van der Waals surface area contributed by atoms with Crippen molar-refractivity contribution in [2.75, 3.05) is 18.1 Å². The Kier molecular flexibility index (Phi) is 7.01. The van der Waals surface area contributed by atoms with Gasteiger partial charge in [0.1, 0.15) is 0 Å². The van der Waals surface area contributed by atoms with Crippen molar-refractivity contribution < 1.29 is 31.2 Å². The monoisotopic (exact) mass is 433 g/mol. The molecule has 2 atom stereocenters. The molecule has 0 aliphatic carbocycles. The Labute approximate surface area is 164 Å². The first kappa shape index (κ1) is 22.1. The standard InChI is InChI=1S/C16H23N3O7S2/c1-3-26-16(21)18-14-9-27(22,23)10-15(14)19-28(24,25)13-6-4-12(5-7-13)8-17-11(2)20/h4-7,14-15,19H,3,8-10H2,1-2H3,(H,17,20)(H,18,21)/t14-,15-/m1/s1. The number of amides is 2. The molecule has 2 rings (SSSR count). The maximum Gasteiger partial charge on any atom is 0.407 e. The number of sulfone groups is 1. The number of sulfonamides is 1. The van der Waals surface area contributed by atoms with Gasteiger partial charge < -0.3 is 15.4 Å². The lowest BCUT2D eigenvalue weighted by molar-refractivity contribution is -0.119. The van der Waals surface area contributed by atoms with Crippen LogP contribution in [0.5, 0.6) is 0 Å². The molecule has 10 nitrogen and oxygen atoms in total. The van der Waals surface area contributed by atoms with Gasteiger partial charge in [0.15, 0.2) is 9.84 Å². The molecule has 0 saturated carbocycles. The van der Waals surface area contributed by atoms with Crippen molar-refractivity contribution >= 4 is 31.9 Å². The molecule has 1 aromatic rings. The highest BCUT2D eigenvalue weighted by Gasteiger charge is 2.41. The minimum atomic E-state index is -4.02. The molecule has 0 spiro atoms. The molecule has 3 N–H and O–H groups in total. The van der Waals surface area contributed by atoms with Crippen LogP contribution in [0.3, 0.4) is 0 Å². The Morgan fingerprint density at radius 1 is 1.14 bits per heavy atom. The van der Waals surface area contributed by atoms with E-state index in [0.717, 1.165) is 0 Å². The Morgan fingerprint density at radius 3 is 2.32 bits per heavy atom. The van der Waals surface area contributed by atoms with Crippen LogP contribution >= 0.6 is 0 Å². The number of hydrogen-bond acceptors (Lipinski definition) is 7. The third-order valence-corrected chi connectivity index (χ3v) is 7.25. The molecule has 1 aromatic carbocycles. The fourth-order valence-electron chi connectivity index (χ4n) is 2.71. The van der Waals surface area contributed by atoms with E-state index in [1.54, 1.807) is 19.1 Å². The van der Waals surface area contributed by atoms with Gasteiger partial charge >= 0.3 is 6.09 Å². The normalized spacial score (nSPS) is 21.1. The van der Waals surface area contributed by atoms with Crippen LogP contribution in [0.15, 0.2) is 29.2 Å². The molecule has 0 bridgehead atoms. The molecule has 2 amide bonds. The predicted octanol–water partition coefficient (Wildman–Crippen LogP) is -0.487. The van der Waals surface area contributed by atoms with E-state index in [-0.39, 0.29) is 29.7 Å². The van der Waals surface area contributed by atoms with Crippen molar-refractivity contribution in [2.45, 2.75) is 37.4 Å². The molecule has 1 aliphatic heterocycles. The van der Waals surface area contributed by atoms with Crippen LogP contribution in [0.1, 0.15) is 19.4 Å². The van der Waals surface area contributed by atoms with E-state index in [9.17, 15) is 26.4 Å². The molecule has 12 heteroatoms. The Hall–Kier alpha value is -2.18. The van der Waals surface area contributed by atoms with Gasteiger partial charge in [-0.25, -0.2) is 26.4 Å². The first-order valence-electron chi connectivity index (χ1n) is 8.52. The van der Waals surface area contributed by atoms with Crippen molar-refractivity contribution in [1.82, 2.24) is 15.4 Å². The lowest BCUT2D eigenvalue weighted by Gasteiger charge is -2.20. The topological polar surface area (TPSA) is 148 Å². The molecule has 1 aliphatic rings. The quantitative estimate of drug-likeness (QED) is 0.526. The third-order valence-electron chi connectivity index (χ3n) is 4.01. The summed E-state index contributed by atoms with van der Waals surface area (Å²) in [5.74, 6) is -1.01. The van der Waals surface area contributed by atoms with Crippen LogP contribution in [0.4, 0.5) is 4.79 Å². The van der Waals surface area contributed by atoms with Crippen molar-refractivity contribution in [2.24, 2.45) is 0 Å². The van der Waals surface area contributed by atoms with Gasteiger partial charge in [0.05, 0.1) is 35.1 Å². The van der Waals surface area contributed by atoms with Crippen LogP contribution in [0, 0.1) is 0 Å². The van der Waals surface area contributed by atoms with Gasteiger partial charge in [0, 0.05) is 13.5 Å². The van der Waals surface area contributed by atoms with E-state index >= 15 is 0 Å². The third kappa shape index (κ3) is 6.17. The summed E-state index contributed by atoms with van der Waals surface area (Å²) >= 11 is 0. The van der Waals surface area contributed by atoms with Crippen molar-refractivity contribution in [3.05, 3.63) is 29.8 Å². The summed E-state index contributed by atoms with van der Waals surface area (Å²) in [6.45, 7) is 3.34. The summed E-state index contributed by atoms with van der Waals surface area (Å²) in [5, 5.41) is 4.99. The largest absolute Gasteiger partial charge is 0.450 e. The minimum Gasteiger partial charge on any atom is -0.450 e. The lowest BCUT2D eigenvalue weighted by Crippen LogP contribution is -2.50. The Bertz CT molecular complexity index is 927. The summed E-state index contributed by atoms with van der Waals surface area (Å²) in [6.07, 6.45) is -0.809. The second-order valence-electron chi connectivity index (χ2n) is 6.33. The molecular weight excluding hydrogens is 410 g/mol. The highest BCUT2D eigenvalue weighted by atomic mass is 32.2. The number of nitrogens with one attached hydrogen (secondary N) is 3. The van der Waals surface area contributed by atoms with Crippen molar-refractivity contribution in [3.63, 3.8) is 0 Å². The zero-order valence-electron chi connectivity index (χ0n) is 15.5. The minimum absolute atomic E-state index is 0.0572. The molecule has 156 valence electrons. The zero-order valence-corrected chi connectivity index (χ0v) is 17.1. The van der Waals surface area contributed by atoms with Crippen LogP contribution in [0.25, 0.3) is 0 Å². The van der Waals surface area contributed by atoms with E-state index in [2.05, 4.69) is 15.4 Å². The summed E-state index contributed by atoms with van der Waals surface area (Å²) < 4.78 is 56.2. The van der Waals surface area contributed by atoms with Gasteiger partial charge in [-0.15, -0.1) is 0 Å². The molecule has 0 radical (unpaired) electrons. The van der Waals surface area contributed by atoms with E-state index in [4.69, 9.17) is 4.74 Å². The Balaban J connectivity index is 2.12. The maximum absolute atomic E-state index is 12.6. The van der Waals surface area contributed by atoms with E-state index in [1.807, 2.05) is 0 Å². The molecule has 0 aromatic heterocycles. The number of hydrogen-bond donors (Lipinski definition) is 3. The van der Waals surface area contributed by atoms with Gasteiger partial charge in [-0.2, -0.15) is 0 Å². The van der Waals surface area contributed by atoms with Crippen LogP contribution in [-0.2, 0) is 35.9 Å². The predicted molar refractivity (Wildman–Crippen MR) is 101 cm³/mol. The highest BCUT2D eigenvalue weighted by Crippen LogP contribution is 2.17. The first-order chi connectivity index (χ1) is 13.0. The van der Waals surface area contributed by atoms with Gasteiger partial charge in [-0.3, -0.25) is 4.79 Å². The lowest BCUT2D eigenvalue weighted by atomic mass is 10.2. The van der Waals surface area contributed by atoms with Crippen molar-refractivity contribution in [3.8, 4) is 0 Å². The summed E-state index contributed by atoms with van der Waals surface area (Å²) in [6, 6.07) is 3.86. The molecule has 0 unspecified atom stereocenters. The van der Waals surface area contributed by atoms with Crippen LogP contribution in [0.2, 0.25) is 0 Å². The molecular formula is C16H23N3O7S2. The number of ether oxygens (including phenoxy) is 1. The molecule has 28 heavy (non-hydrogen) atoms. The average molecular weight is 434 g/mol. The number of carbonyl (C=O) groups is 2. The fraction of sp³-hybridized carbons (Fsp3) is 0.500. The summed E-state index contributed by atoms with van der Waals surface area (Å²) in [7, 11) is -7.54. The van der Waals surface area contributed by atoms with Gasteiger partial charge in [0.2, 0.25) is 15.9 Å². The number of carbonyl (C=O) groups excluding carboxylic acids is 2. The number of alkyl carbamates (subject to hydrolysis) is 1. The zero-order chi connectivity index (χ0) is 20.9. The average Bonchev–Trinajstić information content (AvgIpc) is 2.86. The van der Waals surface area contributed by atoms with E-state index in [1.165, 1.54) is 19.1 Å². The van der Waals surface area contributed by atoms with Crippen molar-refractivity contribution in [1.29, 1.82) is 0 Å². The number of benzene rings is 1. The molecule has 1 saturated heterocycles. The van der Waals surface area contributed by atoms with E-state index < -0.39 is 43.8 Å². The first-order valence-corrected chi connectivity index (χ1v) is 11.8.